The summed E-state index contributed by atoms with van der Waals surface area (Å²) in [7, 11) is 0. The Morgan fingerprint density at radius 3 is 2.20 bits per heavy atom. The number of nitrogens with one attached hydrogen (secondary N) is 2. The number of phenolic OH excluding ortho intramolecular Hbond substituents is 1. The van der Waals surface area contributed by atoms with E-state index in [0.717, 1.165) is 5.56 Å². The zero-order valence-electron chi connectivity index (χ0n) is 20.6. The number of carbonyl (C=O) groups is 3. The minimum absolute atomic E-state index is 0.0909. The van der Waals surface area contributed by atoms with Gasteiger partial charge in [-0.1, -0.05) is 42.5 Å². The van der Waals surface area contributed by atoms with Gasteiger partial charge in [-0.2, -0.15) is 11.8 Å². The topological polar surface area (TPSA) is 114 Å². The Hall–Kier alpha value is -3.20. The number of hydrogen-bond donors (Lipinski definition) is 3. The number of rotatable bonds is 11. The van der Waals surface area contributed by atoms with Crippen LogP contribution < -0.4 is 10.6 Å². The first kappa shape index (κ1) is 28.0. The van der Waals surface area contributed by atoms with Gasteiger partial charge in [-0.05, 0) is 62.5 Å². The molecule has 9 heteroatoms. The van der Waals surface area contributed by atoms with Crippen molar-refractivity contribution in [2.45, 2.75) is 57.9 Å². The number of aromatic hydroxyl groups is 1. The Morgan fingerprint density at radius 1 is 0.943 bits per heavy atom. The summed E-state index contributed by atoms with van der Waals surface area (Å²) in [5.74, 6) is -0.357. The first-order valence-electron chi connectivity index (χ1n) is 11.3. The average molecular weight is 503 g/mol. The van der Waals surface area contributed by atoms with Gasteiger partial charge in [0.05, 0.1) is 0 Å². The van der Waals surface area contributed by atoms with Crippen LogP contribution in [0.1, 0.15) is 38.3 Å². The lowest BCUT2D eigenvalue weighted by Gasteiger charge is -2.25. The molecule has 0 aliphatic rings. The fourth-order valence-electron chi connectivity index (χ4n) is 3.11. The molecule has 0 aliphatic heterocycles. The maximum Gasteiger partial charge on any atom is 0.408 e. The predicted octanol–water partition coefficient (Wildman–Crippen LogP) is 3.81. The summed E-state index contributed by atoms with van der Waals surface area (Å²) >= 11 is 1.55. The minimum Gasteiger partial charge on any atom is -0.508 e. The first-order valence-corrected chi connectivity index (χ1v) is 12.7. The Labute approximate surface area is 210 Å². The number of ether oxygens (including phenoxy) is 2. The van der Waals surface area contributed by atoms with Crippen LogP contribution in [0, 0.1) is 0 Å². The molecule has 35 heavy (non-hydrogen) atoms. The Balaban J connectivity index is 2.13. The molecule has 2 aromatic carbocycles. The van der Waals surface area contributed by atoms with E-state index in [2.05, 4.69) is 10.6 Å². The number of phenols is 1. The van der Waals surface area contributed by atoms with Gasteiger partial charge in [-0.25, -0.2) is 9.59 Å². The van der Waals surface area contributed by atoms with Crippen molar-refractivity contribution < 1.29 is 29.0 Å². The summed E-state index contributed by atoms with van der Waals surface area (Å²) in [6, 6.07) is 13.7. The number of benzene rings is 2. The molecule has 2 atom stereocenters. The highest BCUT2D eigenvalue weighted by atomic mass is 32.2. The molecule has 0 aliphatic carbocycles. The van der Waals surface area contributed by atoms with Crippen LogP contribution in [0.15, 0.2) is 54.6 Å². The standard InChI is InChI=1S/C26H34N2O6S/c1-26(2,3)34-25(32)28-22(16-18-10-12-20(29)13-11-18)23(30)27-21(14-15-35-4)24(31)33-17-19-8-6-5-7-9-19/h5-13,21-22,29H,14-17H2,1-4H3,(H,27,30)(H,28,32)/t21-,22-/m0/s1. The molecule has 2 rings (SSSR count). The molecule has 190 valence electrons. The first-order chi connectivity index (χ1) is 16.6. The molecule has 2 amide bonds. The molecule has 2 aromatic rings. The van der Waals surface area contributed by atoms with Crippen LogP contribution in [0.5, 0.6) is 5.75 Å². The van der Waals surface area contributed by atoms with Crippen molar-refractivity contribution in [1.29, 1.82) is 0 Å². The van der Waals surface area contributed by atoms with Crippen LogP contribution in [-0.2, 0) is 32.1 Å². The third kappa shape index (κ3) is 10.7. The summed E-state index contributed by atoms with van der Waals surface area (Å²) in [5, 5.41) is 14.9. The van der Waals surface area contributed by atoms with E-state index in [-0.39, 0.29) is 18.8 Å². The molecule has 0 heterocycles. The van der Waals surface area contributed by atoms with Gasteiger partial charge in [0.25, 0.3) is 0 Å². The minimum atomic E-state index is -1.01. The SMILES string of the molecule is CSCC[C@H](NC(=O)[C@H](Cc1ccc(O)cc1)NC(=O)OC(C)(C)C)C(=O)OCc1ccccc1. The third-order valence-corrected chi connectivity index (χ3v) is 5.46. The second-order valence-corrected chi connectivity index (χ2v) is 9.99. The van der Waals surface area contributed by atoms with Gasteiger partial charge < -0.3 is 25.2 Å². The summed E-state index contributed by atoms with van der Waals surface area (Å²) in [6.07, 6.45) is 1.67. The highest BCUT2D eigenvalue weighted by Gasteiger charge is 2.29. The van der Waals surface area contributed by atoms with Gasteiger partial charge in [0, 0.05) is 6.42 Å². The molecular formula is C26H34N2O6S. The smallest absolute Gasteiger partial charge is 0.408 e. The fourth-order valence-corrected chi connectivity index (χ4v) is 3.58. The molecule has 0 radical (unpaired) electrons. The van der Waals surface area contributed by atoms with Gasteiger partial charge in [0.15, 0.2) is 0 Å². The zero-order chi connectivity index (χ0) is 25.8. The zero-order valence-corrected chi connectivity index (χ0v) is 21.4. The van der Waals surface area contributed by atoms with Crippen LogP contribution in [0.4, 0.5) is 4.79 Å². The van der Waals surface area contributed by atoms with Crippen molar-refractivity contribution in [3.8, 4) is 5.75 Å². The van der Waals surface area contributed by atoms with E-state index in [1.54, 1.807) is 44.7 Å². The molecule has 0 bridgehead atoms. The number of amides is 2. The lowest BCUT2D eigenvalue weighted by molar-refractivity contribution is -0.149. The molecule has 0 saturated carbocycles. The lowest BCUT2D eigenvalue weighted by Crippen LogP contribution is -2.53. The Kier molecular flexibility index (Phi) is 10.9. The Morgan fingerprint density at radius 2 is 1.60 bits per heavy atom. The van der Waals surface area contributed by atoms with Crippen LogP contribution >= 0.6 is 11.8 Å². The van der Waals surface area contributed by atoms with Crippen molar-refractivity contribution in [2.75, 3.05) is 12.0 Å². The van der Waals surface area contributed by atoms with Gasteiger partial charge >= 0.3 is 12.1 Å². The van der Waals surface area contributed by atoms with E-state index in [4.69, 9.17) is 9.47 Å². The normalized spacial score (nSPS) is 12.8. The monoisotopic (exact) mass is 502 g/mol. The van der Waals surface area contributed by atoms with Crippen LogP contribution in [0.2, 0.25) is 0 Å². The van der Waals surface area contributed by atoms with Crippen molar-refractivity contribution in [3.63, 3.8) is 0 Å². The molecule has 0 fully saturated rings. The Bertz CT molecular complexity index is 960. The number of thioether (sulfide) groups is 1. The van der Waals surface area contributed by atoms with Gasteiger partial charge in [0.2, 0.25) is 5.91 Å². The predicted molar refractivity (Wildman–Crippen MR) is 136 cm³/mol. The summed E-state index contributed by atoms with van der Waals surface area (Å²) in [5.41, 5.74) is 0.810. The number of hydrogen-bond acceptors (Lipinski definition) is 7. The van der Waals surface area contributed by atoms with E-state index in [0.29, 0.717) is 17.7 Å². The van der Waals surface area contributed by atoms with Crippen LogP contribution in [0.3, 0.4) is 0 Å². The highest BCUT2D eigenvalue weighted by Crippen LogP contribution is 2.13. The van der Waals surface area contributed by atoms with E-state index < -0.39 is 35.7 Å². The molecule has 8 nitrogen and oxygen atoms in total. The van der Waals surface area contributed by atoms with Crippen LogP contribution in [-0.4, -0.2) is 52.8 Å². The largest absolute Gasteiger partial charge is 0.508 e. The van der Waals surface area contributed by atoms with Crippen molar-refractivity contribution >= 4 is 29.7 Å². The summed E-state index contributed by atoms with van der Waals surface area (Å²) in [4.78, 5) is 38.4. The second-order valence-electron chi connectivity index (χ2n) is 9.01. The molecule has 0 spiro atoms. The average Bonchev–Trinajstić information content (AvgIpc) is 2.80. The molecule has 0 unspecified atom stereocenters. The van der Waals surface area contributed by atoms with E-state index in [1.807, 2.05) is 36.6 Å². The molecule has 0 aromatic heterocycles. The van der Waals surface area contributed by atoms with Crippen molar-refractivity contribution in [1.82, 2.24) is 10.6 Å². The van der Waals surface area contributed by atoms with Gasteiger partial charge in [-0.3, -0.25) is 4.79 Å². The van der Waals surface area contributed by atoms with E-state index in [9.17, 15) is 19.5 Å². The lowest BCUT2D eigenvalue weighted by atomic mass is 10.0. The van der Waals surface area contributed by atoms with Gasteiger partial charge in [0.1, 0.15) is 30.0 Å². The van der Waals surface area contributed by atoms with E-state index in [1.165, 1.54) is 12.1 Å². The van der Waals surface area contributed by atoms with Gasteiger partial charge in [-0.15, -0.1) is 0 Å². The molecule has 0 saturated heterocycles. The number of carbonyl (C=O) groups excluding carboxylic acids is 3. The maximum absolute atomic E-state index is 13.2. The molecule has 3 N–H and O–H groups in total. The number of esters is 1. The maximum atomic E-state index is 13.2. The van der Waals surface area contributed by atoms with Crippen molar-refractivity contribution in [2.24, 2.45) is 0 Å². The van der Waals surface area contributed by atoms with Crippen LogP contribution in [0.25, 0.3) is 0 Å². The second kappa shape index (κ2) is 13.6. The highest BCUT2D eigenvalue weighted by molar-refractivity contribution is 7.98. The van der Waals surface area contributed by atoms with E-state index >= 15 is 0 Å². The number of alkyl carbamates (subject to hydrolysis) is 1. The third-order valence-electron chi connectivity index (χ3n) is 4.82. The quantitative estimate of drug-likeness (QED) is 0.400. The molecular weight excluding hydrogens is 468 g/mol. The van der Waals surface area contributed by atoms with Crippen molar-refractivity contribution in [3.05, 3.63) is 65.7 Å². The summed E-state index contributed by atoms with van der Waals surface area (Å²) < 4.78 is 10.8. The fraction of sp³-hybridized carbons (Fsp3) is 0.423. The summed E-state index contributed by atoms with van der Waals surface area (Å²) in [6.45, 7) is 5.27.